The highest BCUT2D eigenvalue weighted by Gasteiger charge is 2.28. The van der Waals surface area contributed by atoms with E-state index < -0.39 is 0 Å². The van der Waals surface area contributed by atoms with E-state index in [1.165, 1.54) is 0 Å². The third-order valence-electron chi connectivity index (χ3n) is 3.25. The topological polar surface area (TPSA) is 75.4 Å². The summed E-state index contributed by atoms with van der Waals surface area (Å²) in [5.41, 5.74) is 6.90. The Morgan fingerprint density at radius 2 is 2.11 bits per heavy atom. The highest BCUT2D eigenvalue weighted by atomic mass is 35.5. The smallest absolute Gasteiger partial charge is 0.228 e. The summed E-state index contributed by atoms with van der Waals surface area (Å²) in [6, 6.07) is 7.11. The van der Waals surface area contributed by atoms with Crippen molar-refractivity contribution in [1.29, 1.82) is 0 Å². The fourth-order valence-electron chi connectivity index (χ4n) is 2.01. The first-order valence-corrected chi connectivity index (χ1v) is 5.97. The van der Waals surface area contributed by atoms with Crippen molar-refractivity contribution in [2.45, 2.75) is 12.8 Å². The number of benzene rings is 1. The van der Waals surface area contributed by atoms with E-state index in [2.05, 4.69) is 5.32 Å². The number of para-hydroxylation sites is 2. The molecule has 0 aliphatic carbocycles. The molecule has 0 radical (unpaired) electrons. The van der Waals surface area contributed by atoms with Crippen LogP contribution >= 0.6 is 12.4 Å². The van der Waals surface area contributed by atoms with Crippen molar-refractivity contribution in [1.82, 2.24) is 4.90 Å². The molecule has 5 nitrogen and oxygen atoms in total. The van der Waals surface area contributed by atoms with Gasteiger partial charge in [0.1, 0.15) is 0 Å². The second-order valence-electron chi connectivity index (χ2n) is 4.58. The Balaban J connectivity index is 0.00000180. The van der Waals surface area contributed by atoms with Crippen LogP contribution in [0.25, 0.3) is 0 Å². The molecule has 0 aromatic heterocycles. The fourth-order valence-corrected chi connectivity index (χ4v) is 2.01. The zero-order chi connectivity index (χ0) is 13.1. The van der Waals surface area contributed by atoms with E-state index >= 15 is 0 Å². The summed E-state index contributed by atoms with van der Waals surface area (Å²) in [5, 5.41) is 2.78. The molecule has 1 saturated heterocycles. The predicted octanol–water partition coefficient (Wildman–Crippen LogP) is 1.50. The van der Waals surface area contributed by atoms with Gasteiger partial charge in [-0.1, -0.05) is 12.1 Å². The lowest BCUT2D eigenvalue weighted by Crippen LogP contribution is -2.39. The van der Waals surface area contributed by atoms with Crippen molar-refractivity contribution >= 4 is 35.6 Å². The number of nitrogen functional groups attached to an aromatic ring is 1. The number of anilines is 2. The Bertz CT molecular complexity index is 479. The molecule has 0 saturated carbocycles. The summed E-state index contributed by atoms with van der Waals surface area (Å²) in [6.45, 7) is 0.626. The third-order valence-corrected chi connectivity index (χ3v) is 3.25. The van der Waals surface area contributed by atoms with Crippen molar-refractivity contribution in [3.63, 3.8) is 0 Å². The lowest BCUT2D eigenvalue weighted by atomic mass is 9.95. The summed E-state index contributed by atoms with van der Waals surface area (Å²) in [5.74, 6) is -0.370. The number of amides is 2. The Morgan fingerprint density at radius 1 is 1.42 bits per heavy atom. The van der Waals surface area contributed by atoms with Crippen molar-refractivity contribution in [3.05, 3.63) is 24.3 Å². The zero-order valence-corrected chi connectivity index (χ0v) is 11.6. The van der Waals surface area contributed by atoms with Gasteiger partial charge in [0.2, 0.25) is 11.8 Å². The molecule has 3 N–H and O–H groups in total. The van der Waals surface area contributed by atoms with E-state index in [-0.39, 0.29) is 36.6 Å². The average Bonchev–Trinajstić information content (AvgIpc) is 2.35. The summed E-state index contributed by atoms with van der Waals surface area (Å²) < 4.78 is 0. The second kappa shape index (κ2) is 6.43. The van der Waals surface area contributed by atoms with Gasteiger partial charge in [0.15, 0.2) is 0 Å². The van der Waals surface area contributed by atoms with Crippen LogP contribution < -0.4 is 11.1 Å². The van der Waals surface area contributed by atoms with Crippen LogP contribution in [0.4, 0.5) is 11.4 Å². The molecule has 2 amide bonds. The summed E-state index contributed by atoms with van der Waals surface area (Å²) in [6.07, 6.45) is 0.968. The number of carbonyl (C=O) groups excluding carboxylic acids is 2. The van der Waals surface area contributed by atoms with Gasteiger partial charge in [-0.2, -0.15) is 0 Å². The number of likely N-dealkylation sites (tertiary alicyclic amines) is 1. The van der Waals surface area contributed by atoms with E-state index in [0.717, 1.165) is 0 Å². The number of nitrogens with zero attached hydrogens (tertiary/aromatic N) is 1. The molecule has 1 heterocycles. The van der Waals surface area contributed by atoms with E-state index in [9.17, 15) is 9.59 Å². The second-order valence-corrected chi connectivity index (χ2v) is 4.58. The molecule has 1 fully saturated rings. The molecule has 1 aliphatic heterocycles. The number of carbonyl (C=O) groups is 2. The Labute approximate surface area is 118 Å². The lowest BCUT2D eigenvalue weighted by molar-refractivity contribution is -0.137. The zero-order valence-electron chi connectivity index (χ0n) is 10.8. The highest BCUT2D eigenvalue weighted by Crippen LogP contribution is 2.22. The van der Waals surface area contributed by atoms with Crippen LogP contribution in [0.5, 0.6) is 0 Å². The molecule has 0 bridgehead atoms. The van der Waals surface area contributed by atoms with Gasteiger partial charge in [0, 0.05) is 25.9 Å². The van der Waals surface area contributed by atoms with Crippen LogP contribution in [0.15, 0.2) is 24.3 Å². The maximum absolute atomic E-state index is 12.0. The molecule has 1 unspecified atom stereocenters. The van der Waals surface area contributed by atoms with Gasteiger partial charge < -0.3 is 16.0 Å². The van der Waals surface area contributed by atoms with Gasteiger partial charge in [0.05, 0.1) is 11.4 Å². The molecule has 6 heteroatoms. The Morgan fingerprint density at radius 3 is 2.74 bits per heavy atom. The largest absolute Gasteiger partial charge is 0.397 e. The monoisotopic (exact) mass is 283 g/mol. The van der Waals surface area contributed by atoms with E-state index in [1.807, 2.05) is 12.1 Å². The number of halogens is 1. The molecule has 2 rings (SSSR count). The van der Waals surface area contributed by atoms with Gasteiger partial charge in [-0.05, 0) is 18.6 Å². The summed E-state index contributed by atoms with van der Waals surface area (Å²) in [4.78, 5) is 25.2. The van der Waals surface area contributed by atoms with Crippen LogP contribution in [0.1, 0.15) is 12.8 Å². The molecule has 1 aromatic rings. The van der Waals surface area contributed by atoms with E-state index in [4.69, 9.17) is 5.73 Å². The van der Waals surface area contributed by atoms with Crippen LogP contribution in [-0.4, -0.2) is 30.3 Å². The molecule has 1 aromatic carbocycles. The van der Waals surface area contributed by atoms with E-state index in [1.54, 1.807) is 24.1 Å². The number of rotatable bonds is 2. The van der Waals surface area contributed by atoms with Crippen LogP contribution in [0.3, 0.4) is 0 Å². The molecule has 19 heavy (non-hydrogen) atoms. The molecule has 104 valence electrons. The lowest BCUT2D eigenvalue weighted by Gasteiger charge is -2.28. The minimum absolute atomic E-state index is 0. The fraction of sp³-hybridized carbons (Fsp3) is 0.385. The van der Waals surface area contributed by atoms with Gasteiger partial charge in [0.25, 0.3) is 0 Å². The first-order valence-electron chi connectivity index (χ1n) is 5.97. The number of piperidine rings is 1. The third kappa shape index (κ3) is 3.61. The van der Waals surface area contributed by atoms with Crippen LogP contribution in [-0.2, 0) is 9.59 Å². The van der Waals surface area contributed by atoms with Gasteiger partial charge in [-0.25, -0.2) is 0 Å². The number of nitrogens with one attached hydrogen (secondary N) is 1. The number of nitrogens with two attached hydrogens (primary N) is 1. The highest BCUT2D eigenvalue weighted by molar-refractivity contribution is 5.97. The van der Waals surface area contributed by atoms with Crippen molar-refractivity contribution in [2.75, 3.05) is 24.6 Å². The molecular formula is C13H18ClN3O2. The Hall–Kier alpha value is -1.75. The quantitative estimate of drug-likeness (QED) is 0.808. The van der Waals surface area contributed by atoms with E-state index in [0.29, 0.717) is 24.3 Å². The maximum atomic E-state index is 12.0. The van der Waals surface area contributed by atoms with Gasteiger partial charge >= 0.3 is 0 Å². The number of hydrogen-bond acceptors (Lipinski definition) is 3. The minimum Gasteiger partial charge on any atom is -0.397 e. The standard InChI is InChI=1S/C13H17N3O2.ClH/c1-16-7-6-9(8-12(16)17)13(18)15-11-5-3-2-4-10(11)14;/h2-5,9H,6-8,14H2,1H3,(H,15,18);1H. The minimum atomic E-state index is -0.256. The molecule has 0 spiro atoms. The SMILES string of the molecule is CN1CCC(C(=O)Nc2ccccc2N)CC1=O.Cl. The average molecular weight is 284 g/mol. The van der Waals surface area contributed by atoms with Crippen molar-refractivity contribution in [2.24, 2.45) is 5.92 Å². The molecule has 1 atom stereocenters. The summed E-state index contributed by atoms with van der Waals surface area (Å²) >= 11 is 0. The van der Waals surface area contributed by atoms with Gasteiger partial charge in [-0.3, -0.25) is 9.59 Å². The predicted molar refractivity (Wildman–Crippen MR) is 77.1 cm³/mol. The van der Waals surface area contributed by atoms with Crippen molar-refractivity contribution in [3.8, 4) is 0 Å². The first-order chi connectivity index (χ1) is 8.58. The van der Waals surface area contributed by atoms with Crippen LogP contribution in [0, 0.1) is 5.92 Å². The maximum Gasteiger partial charge on any atom is 0.228 e. The first kappa shape index (κ1) is 15.3. The summed E-state index contributed by atoms with van der Waals surface area (Å²) in [7, 11) is 1.76. The molecule has 1 aliphatic rings. The van der Waals surface area contributed by atoms with Gasteiger partial charge in [-0.15, -0.1) is 12.4 Å². The molecular weight excluding hydrogens is 266 g/mol. The van der Waals surface area contributed by atoms with Crippen LogP contribution in [0.2, 0.25) is 0 Å². The normalized spacial score (nSPS) is 18.7. The number of hydrogen-bond donors (Lipinski definition) is 2. The van der Waals surface area contributed by atoms with Crippen molar-refractivity contribution < 1.29 is 9.59 Å². The Kier molecular flexibility index (Phi) is 5.18.